The molecule has 3 aromatic carbocycles. The molecule has 4 aromatic rings. The van der Waals surface area contributed by atoms with Gasteiger partial charge in [-0.3, -0.25) is 0 Å². The lowest BCUT2D eigenvalue weighted by molar-refractivity contribution is 0.284. The number of rotatable bonds is 3. The average molecular weight is 400 g/mol. The van der Waals surface area contributed by atoms with Gasteiger partial charge in [-0.1, -0.05) is 65.0 Å². The Morgan fingerprint density at radius 2 is 1.27 bits per heavy atom. The molecule has 0 aliphatic heterocycles. The quantitative estimate of drug-likeness (QED) is 0.373. The molecular weight excluding hydrogens is 366 g/mol. The molecule has 1 heterocycles. The first kappa shape index (κ1) is 20.5. The maximum Gasteiger partial charge on any atom is 0.139 e. The van der Waals surface area contributed by atoms with Crippen LogP contribution in [0.3, 0.4) is 0 Å². The third-order valence-corrected chi connectivity index (χ3v) is 6.05. The highest BCUT2D eigenvalue weighted by Crippen LogP contribution is 2.40. The topological polar surface area (TPSA) is 25.2 Å². The van der Waals surface area contributed by atoms with Gasteiger partial charge in [0.05, 0.1) is 16.7 Å². The van der Waals surface area contributed by atoms with Crippen molar-refractivity contribution in [1.82, 2.24) is 4.57 Å². The summed E-state index contributed by atoms with van der Waals surface area (Å²) in [6.07, 6.45) is 1.07. The van der Waals surface area contributed by atoms with E-state index >= 15 is 0 Å². The zero-order chi connectivity index (χ0) is 21.8. The molecule has 0 spiro atoms. The Kier molecular flexibility index (Phi) is 4.73. The molecule has 4 rings (SSSR count). The van der Waals surface area contributed by atoms with Gasteiger partial charge in [0.15, 0.2) is 0 Å². The van der Waals surface area contributed by atoms with E-state index in [1.165, 1.54) is 27.5 Å². The lowest BCUT2D eigenvalue weighted by Crippen LogP contribution is -2.25. The van der Waals surface area contributed by atoms with Crippen LogP contribution in [-0.4, -0.2) is 9.67 Å². The number of aromatic hydroxyl groups is 1. The predicted octanol–water partition coefficient (Wildman–Crippen LogP) is 7.82. The van der Waals surface area contributed by atoms with Gasteiger partial charge in [0, 0.05) is 10.8 Å². The van der Waals surface area contributed by atoms with Gasteiger partial charge in [-0.25, -0.2) is 0 Å². The molecule has 156 valence electrons. The summed E-state index contributed by atoms with van der Waals surface area (Å²) >= 11 is 0. The summed E-state index contributed by atoms with van der Waals surface area (Å²) in [6.45, 7) is 15.7. The molecule has 1 N–H and O–H groups in total. The highest BCUT2D eigenvalue weighted by molar-refractivity contribution is 6.09. The van der Waals surface area contributed by atoms with E-state index < -0.39 is 0 Å². The summed E-state index contributed by atoms with van der Waals surface area (Å²) in [5.41, 5.74) is 7.03. The van der Waals surface area contributed by atoms with E-state index in [9.17, 15) is 5.11 Å². The number of fused-ring (bicyclic) bond motifs is 3. The van der Waals surface area contributed by atoms with E-state index in [1.807, 2.05) is 6.07 Å². The Morgan fingerprint density at radius 1 is 0.733 bits per heavy atom. The summed E-state index contributed by atoms with van der Waals surface area (Å²) in [7, 11) is 0. The van der Waals surface area contributed by atoms with Crippen LogP contribution in [0.15, 0.2) is 54.6 Å². The van der Waals surface area contributed by atoms with E-state index in [-0.39, 0.29) is 10.8 Å². The average Bonchev–Trinajstić information content (AvgIpc) is 2.92. The van der Waals surface area contributed by atoms with E-state index in [4.69, 9.17) is 0 Å². The van der Waals surface area contributed by atoms with Crippen molar-refractivity contribution < 1.29 is 5.11 Å². The molecule has 0 saturated carbocycles. The maximum absolute atomic E-state index is 10.9. The second-order valence-corrected chi connectivity index (χ2v) is 10.7. The number of phenolic OH excluding ortho intramolecular Hbond substituents is 1. The molecule has 0 bridgehead atoms. The minimum absolute atomic E-state index is 0.00525. The molecular formula is C28H33NO. The van der Waals surface area contributed by atoms with Crippen LogP contribution in [0, 0.1) is 19.3 Å². The van der Waals surface area contributed by atoms with Crippen molar-refractivity contribution >= 4 is 21.8 Å². The fourth-order valence-electron chi connectivity index (χ4n) is 5.05. The molecule has 0 aliphatic rings. The molecule has 2 heteroatoms. The molecule has 0 aliphatic carbocycles. The summed E-state index contributed by atoms with van der Waals surface area (Å²) in [5, 5.41) is 13.4. The van der Waals surface area contributed by atoms with Gasteiger partial charge in [0.2, 0.25) is 0 Å². The zero-order valence-corrected chi connectivity index (χ0v) is 19.3. The van der Waals surface area contributed by atoms with E-state index in [0.717, 1.165) is 23.1 Å². The van der Waals surface area contributed by atoms with Crippen molar-refractivity contribution in [2.45, 2.75) is 60.3 Å². The fourth-order valence-corrected chi connectivity index (χ4v) is 5.05. The van der Waals surface area contributed by atoms with Crippen molar-refractivity contribution in [1.29, 1.82) is 0 Å². The van der Waals surface area contributed by atoms with Gasteiger partial charge in [-0.05, 0) is 72.1 Å². The second kappa shape index (κ2) is 6.91. The predicted molar refractivity (Wildman–Crippen MR) is 129 cm³/mol. The van der Waals surface area contributed by atoms with Crippen LogP contribution in [0.5, 0.6) is 5.75 Å². The standard InChI is InChI=1S/C28H33NO/c1-18-8-11-21-22-12-9-19(2)15-24(22)29(23(21)14-18)25-16-20(10-13-26(25)30)28(6,7)17-27(3,4)5/h8-16,30H,17H2,1-7H3. The smallest absolute Gasteiger partial charge is 0.139 e. The van der Waals surface area contributed by atoms with Crippen molar-refractivity contribution in [3.63, 3.8) is 0 Å². The Hall–Kier alpha value is -2.74. The van der Waals surface area contributed by atoms with Crippen LogP contribution in [0.1, 0.15) is 57.7 Å². The third kappa shape index (κ3) is 3.60. The Bertz CT molecular complexity index is 1190. The van der Waals surface area contributed by atoms with Gasteiger partial charge < -0.3 is 9.67 Å². The van der Waals surface area contributed by atoms with Crippen molar-refractivity contribution in [2.75, 3.05) is 0 Å². The highest BCUT2D eigenvalue weighted by atomic mass is 16.3. The summed E-state index contributed by atoms with van der Waals surface area (Å²) < 4.78 is 2.23. The highest BCUT2D eigenvalue weighted by Gasteiger charge is 2.28. The lowest BCUT2D eigenvalue weighted by Gasteiger charge is -2.33. The molecule has 0 atom stereocenters. The van der Waals surface area contributed by atoms with Gasteiger partial charge in [0.1, 0.15) is 5.75 Å². The first-order chi connectivity index (χ1) is 14.0. The number of hydrogen-bond acceptors (Lipinski definition) is 1. The van der Waals surface area contributed by atoms with Gasteiger partial charge >= 0.3 is 0 Å². The molecule has 0 radical (unpaired) electrons. The van der Waals surface area contributed by atoms with Crippen molar-refractivity contribution in [2.24, 2.45) is 5.41 Å². The van der Waals surface area contributed by atoms with Gasteiger partial charge in [-0.15, -0.1) is 0 Å². The molecule has 0 unspecified atom stereocenters. The Morgan fingerprint density at radius 3 is 1.77 bits per heavy atom. The summed E-state index contributed by atoms with van der Waals surface area (Å²) in [4.78, 5) is 0. The number of phenols is 1. The maximum atomic E-state index is 10.9. The first-order valence-electron chi connectivity index (χ1n) is 10.8. The number of nitrogens with zero attached hydrogens (tertiary/aromatic N) is 1. The molecule has 1 aromatic heterocycles. The van der Waals surface area contributed by atoms with Crippen LogP contribution in [-0.2, 0) is 5.41 Å². The fraction of sp³-hybridized carbons (Fsp3) is 0.357. The van der Waals surface area contributed by atoms with Gasteiger partial charge in [0.25, 0.3) is 0 Å². The van der Waals surface area contributed by atoms with Crippen LogP contribution in [0.4, 0.5) is 0 Å². The van der Waals surface area contributed by atoms with Gasteiger partial charge in [-0.2, -0.15) is 0 Å². The minimum atomic E-state index is 0.00525. The normalized spacial score (nSPS) is 12.8. The Labute approximate surface area is 180 Å². The molecule has 0 amide bonds. The van der Waals surface area contributed by atoms with Crippen LogP contribution in [0.25, 0.3) is 27.5 Å². The minimum Gasteiger partial charge on any atom is -0.506 e. The van der Waals surface area contributed by atoms with Crippen LogP contribution < -0.4 is 0 Å². The SMILES string of the molecule is Cc1ccc2c3ccc(C)cc3n(-c3cc(C(C)(C)CC(C)(C)C)ccc3O)c2c1. The molecule has 0 fully saturated rings. The lowest BCUT2D eigenvalue weighted by atomic mass is 9.72. The number of hydrogen-bond donors (Lipinski definition) is 1. The van der Waals surface area contributed by atoms with E-state index in [0.29, 0.717) is 5.75 Å². The summed E-state index contributed by atoms with van der Waals surface area (Å²) in [6, 6.07) is 19.3. The number of aryl methyl sites for hydroxylation is 2. The van der Waals surface area contributed by atoms with Crippen LogP contribution >= 0.6 is 0 Å². The second-order valence-electron chi connectivity index (χ2n) is 10.7. The number of benzene rings is 3. The largest absolute Gasteiger partial charge is 0.506 e. The van der Waals surface area contributed by atoms with E-state index in [2.05, 4.69) is 102 Å². The van der Waals surface area contributed by atoms with Crippen molar-refractivity contribution in [3.05, 3.63) is 71.3 Å². The first-order valence-corrected chi connectivity index (χ1v) is 10.8. The zero-order valence-electron chi connectivity index (χ0n) is 19.3. The molecule has 2 nitrogen and oxygen atoms in total. The number of aromatic nitrogens is 1. The Balaban J connectivity index is 2.03. The molecule has 30 heavy (non-hydrogen) atoms. The van der Waals surface area contributed by atoms with Crippen molar-refractivity contribution in [3.8, 4) is 11.4 Å². The third-order valence-electron chi connectivity index (χ3n) is 6.05. The summed E-state index contributed by atoms with van der Waals surface area (Å²) in [5.74, 6) is 0.312. The molecule has 0 saturated heterocycles. The van der Waals surface area contributed by atoms with E-state index in [1.54, 1.807) is 0 Å². The van der Waals surface area contributed by atoms with Crippen LogP contribution in [0.2, 0.25) is 0 Å². The monoisotopic (exact) mass is 399 g/mol.